The maximum absolute atomic E-state index is 11.7. The first-order valence-corrected chi connectivity index (χ1v) is 7.16. The quantitative estimate of drug-likeness (QED) is 0.710. The molecule has 0 spiro atoms. The molecule has 0 amide bonds. The van der Waals surface area contributed by atoms with Gasteiger partial charge in [-0.25, -0.2) is 8.42 Å². The number of aliphatic carboxylic acids is 1. The summed E-state index contributed by atoms with van der Waals surface area (Å²) < 4.78 is 25.7. The van der Waals surface area contributed by atoms with Crippen molar-refractivity contribution in [3.05, 3.63) is 16.5 Å². The van der Waals surface area contributed by atoms with E-state index in [1.807, 2.05) is 4.72 Å². The molecule has 1 aromatic rings. The first-order valence-electron chi connectivity index (χ1n) is 4.48. The summed E-state index contributed by atoms with van der Waals surface area (Å²) in [6.07, 6.45) is -0.201. The number of sulfonamides is 1. The van der Waals surface area contributed by atoms with Gasteiger partial charge in [0.2, 0.25) is 0 Å². The lowest BCUT2D eigenvalue weighted by Crippen LogP contribution is -2.41. The number of aliphatic hydroxyl groups is 1. The van der Waals surface area contributed by atoms with E-state index in [0.717, 1.165) is 11.3 Å². The average Bonchev–Trinajstić information content (AvgIpc) is 2.64. The average molecular weight is 300 g/mol. The summed E-state index contributed by atoms with van der Waals surface area (Å²) >= 11 is 6.42. The van der Waals surface area contributed by atoms with E-state index >= 15 is 0 Å². The number of hydrogen-bond donors (Lipinski definition) is 3. The van der Waals surface area contributed by atoms with Crippen LogP contribution < -0.4 is 4.72 Å². The Morgan fingerprint density at radius 3 is 2.59 bits per heavy atom. The molecule has 0 saturated heterocycles. The minimum absolute atomic E-state index is 0.0633. The first-order chi connectivity index (χ1) is 7.86. The van der Waals surface area contributed by atoms with E-state index in [0.29, 0.717) is 4.34 Å². The molecule has 3 N–H and O–H groups in total. The summed E-state index contributed by atoms with van der Waals surface area (Å²) in [4.78, 5) is 10.7. The summed E-state index contributed by atoms with van der Waals surface area (Å²) in [7, 11) is -3.91. The standard InChI is InChI=1S/C8H10ClNO5S2/c9-6-1-2-7(16-6)17(14,15)10-5(3-4-11)8(12)13/h1-2,5,10-11H,3-4H2,(H,12,13). The predicted molar refractivity (Wildman–Crippen MR) is 62.8 cm³/mol. The van der Waals surface area contributed by atoms with Crippen LogP contribution in [0.25, 0.3) is 0 Å². The second-order valence-corrected chi connectivity index (χ2v) is 6.74. The second-order valence-electron chi connectivity index (χ2n) is 3.08. The van der Waals surface area contributed by atoms with Crippen LogP contribution in [0.4, 0.5) is 0 Å². The van der Waals surface area contributed by atoms with Crippen molar-refractivity contribution in [2.24, 2.45) is 0 Å². The van der Waals surface area contributed by atoms with Crippen LogP contribution in [-0.2, 0) is 14.8 Å². The molecule has 17 heavy (non-hydrogen) atoms. The molecule has 6 nitrogen and oxygen atoms in total. The monoisotopic (exact) mass is 299 g/mol. The highest BCUT2D eigenvalue weighted by Crippen LogP contribution is 2.25. The lowest BCUT2D eigenvalue weighted by molar-refractivity contribution is -0.139. The summed E-state index contributed by atoms with van der Waals surface area (Å²) in [5, 5.41) is 17.4. The zero-order valence-electron chi connectivity index (χ0n) is 8.46. The highest BCUT2D eigenvalue weighted by Gasteiger charge is 2.25. The summed E-state index contributed by atoms with van der Waals surface area (Å²) in [6.45, 7) is -0.426. The second kappa shape index (κ2) is 5.78. The van der Waals surface area contributed by atoms with Crippen molar-refractivity contribution in [3.8, 4) is 0 Å². The van der Waals surface area contributed by atoms with Crippen LogP contribution in [0.2, 0.25) is 4.34 Å². The highest BCUT2D eigenvalue weighted by molar-refractivity contribution is 7.91. The number of carbonyl (C=O) groups is 1. The molecule has 0 bridgehead atoms. The largest absolute Gasteiger partial charge is 0.480 e. The van der Waals surface area contributed by atoms with Gasteiger partial charge in [-0.2, -0.15) is 4.72 Å². The number of carboxylic acid groups (broad SMARTS) is 1. The van der Waals surface area contributed by atoms with E-state index in [1.54, 1.807) is 0 Å². The molecular formula is C8H10ClNO5S2. The number of thiophene rings is 1. The Bertz CT molecular complexity index is 498. The number of halogens is 1. The first kappa shape index (κ1) is 14.4. The van der Waals surface area contributed by atoms with Gasteiger partial charge in [0.25, 0.3) is 10.0 Å². The number of rotatable bonds is 6. The van der Waals surface area contributed by atoms with E-state index in [9.17, 15) is 13.2 Å². The Balaban J connectivity index is 2.88. The normalized spacial score (nSPS) is 13.5. The molecular weight excluding hydrogens is 290 g/mol. The van der Waals surface area contributed by atoms with Gasteiger partial charge in [-0.3, -0.25) is 4.79 Å². The Morgan fingerprint density at radius 2 is 2.18 bits per heavy atom. The lowest BCUT2D eigenvalue weighted by Gasteiger charge is -2.12. The molecule has 1 heterocycles. The summed E-state index contributed by atoms with van der Waals surface area (Å²) in [5.41, 5.74) is 0. The Morgan fingerprint density at radius 1 is 1.53 bits per heavy atom. The van der Waals surface area contributed by atoms with E-state index in [4.69, 9.17) is 21.8 Å². The topological polar surface area (TPSA) is 104 Å². The number of nitrogens with one attached hydrogen (secondary N) is 1. The van der Waals surface area contributed by atoms with Crippen molar-refractivity contribution in [1.82, 2.24) is 4.72 Å². The van der Waals surface area contributed by atoms with Crippen molar-refractivity contribution in [2.75, 3.05) is 6.61 Å². The van der Waals surface area contributed by atoms with Gasteiger partial charge in [-0.05, 0) is 18.6 Å². The fraction of sp³-hybridized carbons (Fsp3) is 0.375. The predicted octanol–water partition coefficient (Wildman–Crippen LogP) is 0.515. The van der Waals surface area contributed by atoms with Crippen LogP contribution in [0.1, 0.15) is 6.42 Å². The molecule has 0 fully saturated rings. The molecule has 1 unspecified atom stereocenters. The Hall–Kier alpha value is -0.670. The summed E-state index contributed by atoms with van der Waals surface area (Å²) in [5.74, 6) is -1.34. The SMILES string of the molecule is O=C(O)C(CCO)NS(=O)(=O)c1ccc(Cl)s1. The Labute approximate surface area is 107 Å². The van der Waals surface area contributed by atoms with Crippen LogP contribution in [-0.4, -0.2) is 37.2 Å². The highest BCUT2D eigenvalue weighted by atomic mass is 35.5. The molecule has 96 valence electrons. The van der Waals surface area contributed by atoms with Crippen molar-refractivity contribution < 1.29 is 23.4 Å². The van der Waals surface area contributed by atoms with Crippen LogP contribution in [0.3, 0.4) is 0 Å². The third kappa shape index (κ3) is 3.93. The molecule has 0 aliphatic carbocycles. The fourth-order valence-corrected chi connectivity index (χ4v) is 3.77. The number of hydrogen-bond acceptors (Lipinski definition) is 5. The molecule has 1 aromatic heterocycles. The minimum Gasteiger partial charge on any atom is -0.480 e. The van der Waals surface area contributed by atoms with E-state index in [-0.39, 0.29) is 10.6 Å². The van der Waals surface area contributed by atoms with Gasteiger partial charge in [0.05, 0.1) is 4.34 Å². The van der Waals surface area contributed by atoms with Crippen molar-refractivity contribution >= 4 is 38.9 Å². The molecule has 0 aliphatic rings. The smallest absolute Gasteiger partial charge is 0.321 e. The van der Waals surface area contributed by atoms with Crippen molar-refractivity contribution in [3.63, 3.8) is 0 Å². The molecule has 0 aliphatic heterocycles. The van der Waals surface area contributed by atoms with Crippen LogP contribution in [0, 0.1) is 0 Å². The molecule has 1 atom stereocenters. The van der Waals surface area contributed by atoms with Crippen molar-refractivity contribution in [1.29, 1.82) is 0 Å². The van der Waals surface area contributed by atoms with Gasteiger partial charge in [0, 0.05) is 6.61 Å². The van der Waals surface area contributed by atoms with Crippen LogP contribution >= 0.6 is 22.9 Å². The maximum Gasteiger partial charge on any atom is 0.321 e. The van der Waals surface area contributed by atoms with Crippen LogP contribution in [0.5, 0.6) is 0 Å². The molecule has 0 aromatic carbocycles. The Kier molecular flexibility index (Phi) is 4.90. The van der Waals surface area contributed by atoms with Gasteiger partial charge < -0.3 is 10.2 Å². The molecule has 0 saturated carbocycles. The molecule has 9 heteroatoms. The lowest BCUT2D eigenvalue weighted by atomic mass is 10.2. The van der Waals surface area contributed by atoms with Gasteiger partial charge >= 0.3 is 5.97 Å². The van der Waals surface area contributed by atoms with E-state index < -0.39 is 28.6 Å². The van der Waals surface area contributed by atoms with Gasteiger partial charge in [-0.1, -0.05) is 11.6 Å². The van der Waals surface area contributed by atoms with E-state index in [2.05, 4.69) is 0 Å². The molecule has 1 rings (SSSR count). The maximum atomic E-state index is 11.7. The van der Waals surface area contributed by atoms with Gasteiger partial charge in [0.15, 0.2) is 0 Å². The van der Waals surface area contributed by atoms with Gasteiger partial charge in [-0.15, -0.1) is 11.3 Å². The van der Waals surface area contributed by atoms with E-state index in [1.165, 1.54) is 12.1 Å². The van der Waals surface area contributed by atoms with Crippen molar-refractivity contribution in [2.45, 2.75) is 16.7 Å². The minimum atomic E-state index is -3.91. The summed E-state index contributed by atoms with van der Waals surface area (Å²) in [6, 6.07) is 1.33. The zero-order chi connectivity index (χ0) is 13.1. The fourth-order valence-electron chi connectivity index (χ4n) is 1.05. The number of aliphatic hydroxyl groups excluding tert-OH is 1. The molecule has 0 radical (unpaired) electrons. The third-order valence-electron chi connectivity index (χ3n) is 1.83. The van der Waals surface area contributed by atoms with Gasteiger partial charge in [0.1, 0.15) is 10.3 Å². The van der Waals surface area contributed by atoms with Crippen LogP contribution in [0.15, 0.2) is 16.3 Å². The zero-order valence-corrected chi connectivity index (χ0v) is 10.8. The third-order valence-corrected chi connectivity index (χ3v) is 5.02. The number of carboxylic acids is 1.